The second-order valence-corrected chi connectivity index (χ2v) is 5.77. The molecule has 1 aliphatic rings. The maximum atomic E-state index is 9.31. The molecular weight excluding hydrogens is 294 g/mol. The van der Waals surface area contributed by atoms with Crippen LogP contribution in [-0.2, 0) is 0 Å². The van der Waals surface area contributed by atoms with Crippen molar-refractivity contribution < 1.29 is 5.11 Å². The van der Waals surface area contributed by atoms with Gasteiger partial charge in [0, 0.05) is 23.8 Å². The van der Waals surface area contributed by atoms with E-state index in [4.69, 9.17) is 11.1 Å². The van der Waals surface area contributed by atoms with Crippen molar-refractivity contribution in [2.45, 2.75) is 18.9 Å². The van der Waals surface area contributed by atoms with Crippen LogP contribution in [0.3, 0.4) is 0 Å². The molecule has 0 amide bonds. The van der Waals surface area contributed by atoms with E-state index in [0.717, 1.165) is 35.1 Å². The first-order valence-electron chi connectivity index (χ1n) is 6.01. The van der Waals surface area contributed by atoms with Crippen molar-refractivity contribution in [1.29, 1.82) is 5.41 Å². The SMILES string of the molecule is CN(CC1CC(O)C1)c1cccc(Br)c1C(=N)N. The number of nitrogens with zero attached hydrogens (tertiary/aromatic N) is 1. The molecule has 0 bridgehead atoms. The predicted molar refractivity (Wildman–Crippen MR) is 77.2 cm³/mol. The topological polar surface area (TPSA) is 73.3 Å². The lowest BCUT2D eigenvalue weighted by Crippen LogP contribution is -2.37. The number of hydrogen-bond donors (Lipinski definition) is 3. The van der Waals surface area contributed by atoms with Crippen LogP contribution in [0.5, 0.6) is 0 Å². The second-order valence-electron chi connectivity index (χ2n) is 4.92. The van der Waals surface area contributed by atoms with Crippen molar-refractivity contribution in [2.24, 2.45) is 11.7 Å². The molecule has 4 nitrogen and oxygen atoms in total. The Balaban J connectivity index is 2.16. The highest BCUT2D eigenvalue weighted by Crippen LogP contribution is 2.31. The molecule has 18 heavy (non-hydrogen) atoms. The maximum absolute atomic E-state index is 9.31. The summed E-state index contributed by atoms with van der Waals surface area (Å²) >= 11 is 3.44. The van der Waals surface area contributed by atoms with Crippen LogP contribution >= 0.6 is 15.9 Å². The molecule has 1 fully saturated rings. The highest BCUT2D eigenvalue weighted by atomic mass is 79.9. The lowest BCUT2D eigenvalue weighted by Gasteiger charge is -2.35. The first kappa shape index (κ1) is 13.4. The number of aliphatic hydroxyl groups is 1. The molecule has 4 N–H and O–H groups in total. The molecule has 0 aliphatic heterocycles. The molecule has 1 aromatic rings. The van der Waals surface area contributed by atoms with Gasteiger partial charge in [0.2, 0.25) is 0 Å². The Morgan fingerprint density at radius 1 is 1.56 bits per heavy atom. The quantitative estimate of drug-likeness (QED) is 0.587. The van der Waals surface area contributed by atoms with Gasteiger partial charge in [-0.2, -0.15) is 0 Å². The Morgan fingerprint density at radius 3 is 2.78 bits per heavy atom. The van der Waals surface area contributed by atoms with Crippen LogP contribution in [0.4, 0.5) is 5.69 Å². The number of halogens is 1. The van der Waals surface area contributed by atoms with Gasteiger partial charge in [0.15, 0.2) is 0 Å². The Hall–Kier alpha value is -1.07. The smallest absolute Gasteiger partial charge is 0.126 e. The molecule has 1 aromatic carbocycles. The van der Waals surface area contributed by atoms with E-state index in [2.05, 4.69) is 20.8 Å². The standard InChI is InChI=1S/C13H18BrN3O/c1-17(7-8-5-9(18)6-8)11-4-2-3-10(14)12(11)13(15)16/h2-4,8-9,18H,5-7H2,1H3,(H3,15,16). The van der Waals surface area contributed by atoms with Crippen LogP contribution in [-0.4, -0.2) is 30.6 Å². The molecule has 2 rings (SSSR count). The number of nitrogens with one attached hydrogen (secondary N) is 1. The number of nitrogen functional groups attached to an aromatic ring is 1. The lowest BCUT2D eigenvalue weighted by atomic mass is 9.82. The van der Waals surface area contributed by atoms with E-state index in [0.29, 0.717) is 5.92 Å². The van der Waals surface area contributed by atoms with Gasteiger partial charge in [-0.15, -0.1) is 0 Å². The van der Waals surface area contributed by atoms with E-state index in [9.17, 15) is 5.11 Å². The molecule has 98 valence electrons. The summed E-state index contributed by atoms with van der Waals surface area (Å²) in [4.78, 5) is 2.11. The van der Waals surface area contributed by atoms with Gasteiger partial charge < -0.3 is 15.7 Å². The average molecular weight is 312 g/mol. The molecule has 0 aromatic heterocycles. The summed E-state index contributed by atoms with van der Waals surface area (Å²) in [6.45, 7) is 0.883. The summed E-state index contributed by atoms with van der Waals surface area (Å²) in [6.07, 6.45) is 1.61. The predicted octanol–water partition coefficient (Wildman–Crippen LogP) is 1.94. The first-order valence-corrected chi connectivity index (χ1v) is 6.80. The van der Waals surface area contributed by atoms with Crippen LogP contribution < -0.4 is 10.6 Å². The Kier molecular flexibility index (Phi) is 3.92. The van der Waals surface area contributed by atoms with Gasteiger partial charge in [-0.25, -0.2) is 0 Å². The Labute approximate surface area is 115 Å². The minimum Gasteiger partial charge on any atom is -0.393 e. The van der Waals surface area contributed by atoms with Crippen LogP contribution in [0.2, 0.25) is 0 Å². The number of anilines is 1. The zero-order valence-electron chi connectivity index (χ0n) is 10.4. The number of hydrogen-bond acceptors (Lipinski definition) is 3. The van der Waals surface area contributed by atoms with E-state index in [-0.39, 0.29) is 11.9 Å². The molecule has 0 unspecified atom stereocenters. The highest BCUT2D eigenvalue weighted by molar-refractivity contribution is 9.10. The number of rotatable bonds is 4. The van der Waals surface area contributed by atoms with Gasteiger partial charge in [-0.05, 0) is 46.8 Å². The van der Waals surface area contributed by atoms with Gasteiger partial charge in [0.1, 0.15) is 5.84 Å². The first-order chi connectivity index (χ1) is 8.49. The third kappa shape index (κ3) is 2.67. The molecule has 0 saturated heterocycles. The summed E-state index contributed by atoms with van der Waals surface area (Å²) in [5, 5.41) is 17.0. The molecular formula is C13H18BrN3O. The monoisotopic (exact) mass is 311 g/mol. The van der Waals surface area contributed by atoms with Gasteiger partial charge in [0.25, 0.3) is 0 Å². The summed E-state index contributed by atoms with van der Waals surface area (Å²) in [7, 11) is 2.00. The van der Waals surface area contributed by atoms with Crippen LogP contribution in [0.25, 0.3) is 0 Å². The van der Waals surface area contributed by atoms with Crippen molar-refractivity contribution >= 4 is 27.5 Å². The normalized spacial score (nSPS) is 22.4. The number of nitrogens with two attached hydrogens (primary N) is 1. The van der Waals surface area contributed by atoms with Gasteiger partial charge >= 0.3 is 0 Å². The van der Waals surface area contributed by atoms with Crippen LogP contribution in [0.15, 0.2) is 22.7 Å². The highest BCUT2D eigenvalue weighted by Gasteiger charge is 2.28. The number of benzene rings is 1. The third-order valence-corrected chi connectivity index (χ3v) is 4.08. The fraction of sp³-hybridized carbons (Fsp3) is 0.462. The molecule has 5 heteroatoms. The molecule has 1 saturated carbocycles. The van der Waals surface area contributed by atoms with Gasteiger partial charge in [0.05, 0.1) is 11.7 Å². The van der Waals surface area contributed by atoms with E-state index < -0.39 is 0 Å². The van der Waals surface area contributed by atoms with Crippen molar-refractivity contribution in [1.82, 2.24) is 0 Å². The Bertz CT molecular complexity index is 458. The van der Waals surface area contributed by atoms with E-state index in [1.807, 2.05) is 25.2 Å². The van der Waals surface area contributed by atoms with Crippen LogP contribution in [0, 0.1) is 11.3 Å². The zero-order chi connectivity index (χ0) is 13.3. The summed E-state index contributed by atoms with van der Waals surface area (Å²) < 4.78 is 0.841. The van der Waals surface area contributed by atoms with E-state index in [1.54, 1.807) is 0 Å². The van der Waals surface area contributed by atoms with Crippen molar-refractivity contribution in [3.8, 4) is 0 Å². The average Bonchev–Trinajstić information content (AvgIpc) is 2.26. The summed E-state index contributed by atoms with van der Waals surface area (Å²) in [5.74, 6) is 0.599. The summed E-state index contributed by atoms with van der Waals surface area (Å²) in [5.41, 5.74) is 7.33. The maximum Gasteiger partial charge on any atom is 0.126 e. The molecule has 1 aliphatic carbocycles. The molecule has 0 spiro atoms. The second kappa shape index (κ2) is 5.28. The largest absolute Gasteiger partial charge is 0.393 e. The van der Waals surface area contributed by atoms with Gasteiger partial charge in [-0.3, -0.25) is 5.41 Å². The minimum atomic E-state index is -0.127. The summed E-state index contributed by atoms with van der Waals surface area (Å²) in [6, 6.07) is 5.80. The number of amidine groups is 1. The Morgan fingerprint density at radius 2 is 2.22 bits per heavy atom. The van der Waals surface area contributed by atoms with Crippen molar-refractivity contribution in [2.75, 3.05) is 18.5 Å². The molecule has 0 atom stereocenters. The minimum absolute atomic E-state index is 0.0676. The van der Waals surface area contributed by atoms with E-state index in [1.165, 1.54) is 0 Å². The lowest BCUT2D eigenvalue weighted by molar-refractivity contribution is 0.0465. The third-order valence-electron chi connectivity index (χ3n) is 3.42. The van der Waals surface area contributed by atoms with Crippen molar-refractivity contribution in [3.05, 3.63) is 28.2 Å². The fourth-order valence-corrected chi connectivity index (χ4v) is 3.00. The van der Waals surface area contributed by atoms with Gasteiger partial charge in [-0.1, -0.05) is 6.07 Å². The zero-order valence-corrected chi connectivity index (χ0v) is 11.9. The molecule has 0 heterocycles. The van der Waals surface area contributed by atoms with E-state index >= 15 is 0 Å². The van der Waals surface area contributed by atoms with Crippen molar-refractivity contribution in [3.63, 3.8) is 0 Å². The molecule has 0 radical (unpaired) electrons. The fourth-order valence-electron chi connectivity index (χ4n) is 2.43. The number of aliphatic hydroxyl groups excluding tert-OH is 1. The van der Waals surface area contributed by atoms with Crippen LogP contribution in [0.1, 0.15) is 18.4 Å².